The molecule has 2 heterocycles. The smallest absolute Gasteiger partial charge is 0.355 e. The number of hydrogen-bond acceptors (Lipinski definition) is 6. The zero-order chi connectivity index (χ0) is 14.7. The molecule has 0 amide bonds. The third-order valence-electron chi connectivity index (χ3n) is 3.25. The first kappa shape index (κ1) is 14.7. The molecule has 0 unspecified atom stereocenters. The summed E-state index contributed by atoms with van der Waals surface area (Å²) in [7, 11) is 1.38. The SMILES string of the molecule is COC(=O)C1CCN(c2ncc(Br)c(C(=O)O)n2)CC1. The number of halogens is 1. The number of nitrogens with zero attached hydrogens (tertiary/aromatic N) is 3. The minimum absolute atomic E-state index is 0.0647. The summed E-state index contributed by atoms with van der Waals surface area (Å²) < 4.78 is 5.07. The van der Waals surface area contributed by atoms with Crippen molar-refractivity contribution in [3.63, 3.8) is 0 Å². The van der Waals surface area contributed by atoms with Crippen LogP contribution in [0.5, 0.6) is 0 Å². The molecule has 0 bridgehead atoms. The quantitative estimate of drug-likeness (QED) is 0.827. The molecule has 7 nitrogen and oxygen atoms in total. The molecular formula is C12H14BrN3O4. The summed E-state index contributed by atoms with van der Waals surface area (Å²) in [6.45, 7) is 1.20. The number of carboxylic acid groups (broad SMARTS) is 1. The molecule has 1 fully saturated rings. The van der Waals surface area contributed by atoms with E-state index in [1.54, 1.807) is 0 Å². The second-order valence-electron chi connectivity index (χ2n) is 4.46. The summed E-state index contributed by atoms with van der Waals surface area (Å²) >= 11 is 3.11. The van der Waals surface area contributed by atoms with Gasteiger partial charge in [0.1, 0.15) is 0 Å². The zero-order valence-electron chi connectivity index (χ0n) is 10.9. The van der Waals surface area contributed by atoms with E-state index in [0.29, 0.717) is 36.4 Å². The highest BCUT2D eigenvalue weighted by Crippen LogP contribution is 2.23. The number of aromatic carboxylic acids is 1. The molecule has 1 N–H and O–H groups in total. The maximum Gasteiger partial charge on any atom is 0.355 e. The normalized spacial score (nSPS) is 16.0. The van der Waals surface area contributed by atoms with Gasteiger partial charge in [0.25, 0.3) is 0 Å². The molecule has 1 aliphatic rings. The summed E-state index contributed by atoms with van der Waals surface area (Å²) in [5.41, 5.74) is -0.0647. The van der Waals surface area contributed by atoms with Crippen LogP contribution in [0.15, 0.2) is 10.7 Å². The van der Waals surface area contributed by atoms with Gasteiger partial charge < -0.3 is 14.7 Å². The largest absolute Gasteiger partial charge is 0.476 e. The fraction of sp³-hybridized carbons (Fsp3) is 0.500. The molecule has 1 aromatic rings. The van der Waals surface area contributed by atoms with E-state index in [0.717, 1.165) is 0 Å². The number of methoxy groups -OCH3 is 1. The van der Waals surface area contributed by atoms with E-state index in [9.17, 15) is 9.59 Å². The molecule has 0 atom stereocenters. The molecule has 1 saturated heterocycles. The van der Waals surface area contributed by atoms with Gasteiger partial charge in [0.15, 0.2) is 5.69 Å². The Bertz CT molecular complexity index is 529. The number of carboxylic acids is 1. The van der Waals surface area contributed by atoms with Crippen molar-refractivity contribution in [1.82, 2.24) is 9.97 Å². The number of esters is 1. The lowest BCUT2D eigenvalue weighted by Gasteiger charge is -2.30. The minimum atomic E-state index is -1.11. The Hall–Kier alpha value is -1.70. The zero-order valence-corrected chi connectivity index (χ0v) is 12.5. The van der Waals surface area contributed by atoms with Gasteiger partial charge in [-0.25, -0.2) is 14.8 Å². The molecule has 1 aliphatic heterocycles. The number of aromatic nitrogens is 2. The topological polar surface area (TPSA) is 92.6 Å². The molecule has 0 aliphatic carbocycles. The molecular weight excluding hydrogens is 330 g/mol. The van der Waals surface area contributed by atoms with Crippen molar-refractivity contribution >= 4 is 33.8 Å². The Labute approximate surface area is 124 Å². The van der Waals surface area contributed by atoms with Gasteiger partial charge in [0.05, 0.1) is 17.5 Å². The van der Waals surface area contributed by atoms with Gasteiger partial charge in [0.2, 0.25) is 5.95 Å². The predicted octanol–water partition coefficient (Wildman–Crippen LogP) is 1.33. The summed E-state index contributed by atoms with van der Waals surface area (Å²) in [4.78, 5) is 32.5. The van der Waals surface area contributed by atoms with Gasteiger partial charge in [-0.15, -0.1) is 0 Å². The first-order valence-electron chi connectivity index (χ1n) is 6.11. The van der Waals surface area contributed by atoms with Crippen molar-refractivity contribution in [1.29, 1.82) is 0 Å². The van der Waals surface area contributed by atoms with Crippen molar-refractivity contribution < 1.29 is 19.4 Å². The van der Waals surface area contributed by atoms with Gasteiger partial charge in [-0.1, -0.05) is 0 Å². The van der Waals surface area contributed by atoms with E-state index in [-0.39, 0.29) is 17.6 Å². The number of piperidine rings is 1. The average molecular weight is 344 g/mol. The second kappa shape index (κ2) is 6.17. The summed E-state index contributed by atoms with van der Waals surface area (Å²) in [5, 5.41) is 9.04. The number of hydrogen-bond donors (Lipinski definition) is 1. The van der Waals surface area contributed by atoms with Gasteiger partial charge in [-0.2, -0.15) is 0 Å². The predicted molar refractivity (Wildman–Crippen MR) is 73.6 cm³/mol. The Morgan fingerprint density at radius 1 is 1.45 bits per heavy atom. The number of anilines is 1. The van der Waals surface area contributed by atoms with Crippen molar-refractivity contribution in [2.75, 3.05) is 25.1 Å². The van der Waals surface area contributed by atoms with Gasteiger partial charge in [0, 0.05) is 19.3 Å². The van der Waals surface area contributed by atoms with Crippen LogP contribution in [0.1, 0.15) is 23.3 Å². The Kier molecular flexibility index (Phi) is 4.53. The van der Waals surface area contributed by atoms with Crippen LogP contribution in [-0.4, -0.2) is 47.2 Å². The van der Waals surface area contributed by atoms with Crippen molar-refractivity contribution in [2.24, 2.45) is 5.92 Å². The lowest BCUT2D eigenvalue weighted by atomic mass is 9.97. The number of carbonyl (C=O) groups excluding carboxylic acids is 1. The Morgan fingerprint density at radius 3 is 2.65 bits per heavy atom. The summed E-state index contributed by atoms with van der Waals surface area (Å²) in [6.07, 6.45) is 2.72. The lowest BCUT2D eigenvalue weighted by molar-refractivity contribution is -0.146. The molecule has 0 radical (unpaired) electrons. The Morgan fingerprint density at radius 2 is 2.10 bits per heavy atom. The van der Waals surface area contributed by atoms with Crippen LogP contribution in [0.2, 0.25) is 0 Å². The first-order valence-corrected chi connectivity index (χ1v) is 6.91. The van der Waals surface area contributed by atoms with Crippen molar-refractivity contribution in [3.8, 4) is 0 Å². The van der Waals surface area contributed by atoms with Crippen molar-refractivity contribution in [2.45, 2.75) is 12.8 Å². The average Bonchev–Trinajstić information content (AvgIpc) is 2.47. The highest BCUT2D eigenvalue weighted by atomic mass is 79.9. The summed E-state index contributed by atoms with van der Waals surface area (Å²) in [5.74, 6) is -1.04. The third kappa shape index (κ3) is 3.06. The van der Waals surface area contributed by atoms with E-state index in [2.05, 4.69) is 25.9 Å². The molecule has 20 heavy (non-hydrogen) atoms. The molecule has 0 saturated carbocycles. The first-order chi connectivity index (χ1) is 9.52. The van der Waals surface area contributed by atoms with E-state index in [4.69, 9.17) is 9.84 Å². The number of ether oxygens (including phenoxy) is 1. The van der Waals surface area contributed by atoms with Crippen LogP contribution in [0.4, 0.5) is 5.95 Å². The number of rotatable bonds is 3. The van der Waals surface area contributed by atoms with Crippen LogP contribution in [0.25, 0.3) is 0 Å². The molecule has 2 rings (SSSR count). The maximum atomic E-state index is 11.4. The van der Waals surface area contributed by atoms with E-state index in [1.165, 1.54) is 13.3 Å². The Balaban J connectivity index is 2.09. The fourth-order valence-corrected chi connectivity index (χ4v) is 2.50. The third-order valence-corrected chi connectivity index (χ3v) is 3.83. The highest BCUT2D eigenvalue weighted by molar-refractivity contribution is 9.10. The summed E-state index contributed by atoms with van der Waals surface area (Å²) in [6, 6.07) is 0. The second-order valence-corrected chi connectivity index (χ2v) is 5.31. The standard InChI is InChI=1S/C12H14BrN3O4/c1-20-11(19)7-2-4-16(5-3-7)12-14-6-8(13)9(15-12)10(17)18/h6-7H,2-5H2,1H3,(H,17,18). The minimum Gasteiger partial charge on any atom is -0.476 e. The van der Waals surface area contributed by atoms with E-state index < -0.39 is 5.97 Å². The van der Waals surface area contributed by atoms with Crippen LogP contribution in [-0.2, 0) is 9.53 Å². The molecule has 108 valence electrons. The van der Waals surface area contributed by atoms with Gasteiger partial charge in [-0.05, 0) is 28.8 Å². The van der Waals surface area contributed by atoms with Crippen LogP contribution in [0, 0.1) is 5.92 Å². The molecule has 0 aromatic carbocycles. The van der Waals surface area contributed by atoms with E-state index in [1.807, 2.05) is 4.90 Å². The van der Waals surface area contributed by atoms with Gasteiger partial charge >= 0.3 is 11.9 Å². The van der Waals surface area contributed by atoms with Crippen molar-refractivity contribution in [3.05, 3.63) is 16.4 Å². The maximum absolute atomic E-state index is 11.4. The van der Waals surface area contributed by atoms with Crippen LogP contribution in [0.3, 0.4) is 0 Å². The lowest BCUT2D eigenvalue weighted by Crippen LogP contribution is -2.37. The monoisotopic (exact) mass is 343 g/mol. The fourth-order valence-electron chi connectivity index (χ4n) is 2.14. The van der Waals surface area contributed by atoms with Crippen LogP contribution >= 0.6 is 15.9 Å². The molecule has 8 heteroatoms. The van der Waals surface area contributed by atoms with Gasteiger partial charge in [-0.3, -0.25) is 4.79 Å². The van der Waals surface area contributed by atoms with Crippen LogP contribution < -0.4 is 4.90 Å². The highest BCUT2D eigenvalue weighted by Gasteiger charge is 2.27. The van der Waals surface area contributed by atoms with E-state index >= 15 is 0 Å². The molecule has 0 spiro atoms. The molecule has 1 aromatic heterocycles. The number of carbonyl (C=O) groups is 2.